The van der Waals surface area contributed by atoms with Crippen LogP contribution < -0.4 is 5.32 Å². The second kappa shape index (κ2) is 7.98. The summed E-state index contributed by atoms with van der Waals surface area (Å²) in [7, 11) is 0. The molecule has 0 unspecified atom stereocenters. The van der Waals surface area contributed by atoms with Gasteiger partial charge in [0.05, 0.1) is 22.3 Å². The van der Waals surface area contributed by atoms with Gasteiger partial charge >= 0.3 is 0 Å². The molecule has 0 radical (unpaired) electrons. The third-order valence-corrected chi connectivity index (χ3v) is 4.69. The van der Waals surface area contributed by atoms with Gasteiger partial charge in [-0.15, -0.1) is 5.10 Å². The number of hydrogen-bond acceptors (Lipinski definition) is 8. The maximum absolute atomic E-state index is 12.1. The predicted molar refractivity (Wildman–Crippen MR) is 108 cm³/mol. The zero-order valence-corrected chi connectivity index (χ0v) is 15.5. The Hall–Kier alpha value is -3.92. The molecule has 0 bridgehead atoms. The summed E-state index contributed by atoms with van der Waals surface area (Å²) < 4.78 is 10.8. The Kier molecular flexibility index (Phi) is 5.08. The zero-order chi connectivity index (χ0) is 20.2. The van der Waals surface area contributed by atoms with Gasteiger partial charge in [0.1, 0.15) is 17.3 Å². The zero-order valence-electron chi connectivity index (χ0n) is 14.6. The lowest BCUT2D eigenvalue weighted by Crippen LogP contribution is -2.19. The van der Waals surface area contributed by atoms with E-state index in [2.05, 4.69) is 15.5 Å². The Labute approximate surface area is 168 Å². The Balaban J connectivity index is 1.47. The molecule has 144 valence electrons. The molecule has 1 amide bonds. The van der Waals surface area contributed by atoms with Crippen molar-refractivity contribution in [3.8, 4) is 11.3 Å². The molecule has 0 spiro atoms. The van der Waals surface area contributed by atoms with Crippen molar-refractivity contribution >= 4 is 40.8 Å². The molecule has 0 atom stereocenters. The SMILES string of the molecule is O=C1N/C(=N\N=C\c2ccco2)S/C1=C/c1ccc(-c2ccc([N+](=O)[O-])cc2)o1. The first-order valence-electron chi connectivity index (χ1n) is 8.28. The molecule has 1 aliphatic heterocycles. The molecule has 1 fully saturated rings. The number of amides is 1. The maximum atomic E-state index is 12.1. The van der Waals surface area contributed by atoms with Gasteiger partial charge in [-0.1, -0.05) is 0 Å². The average Bonchev–Trinajstić information content (AvgIpc) is 3.45. The fourth-order valence-corrected chi connectivity index (χ4v) is 3.20. The van der Waals surface area contributed by atoms with E-state index < -0.39 is 4.92 Å². The fraction of sp³-hybridized carbons (Fsp3) is 0. The summed E-state index contributed by atoms with van der Waals surface area (Å²) in [6, 6.07) is 12.9. The summed E-state index contributed by atoms with van der Waals surface area (Å²) in [5, 5.41) is 21.5. The molecule has 10 heteroatoms. The summed E-state index contributed by atoms with van der Waals surface area (Å²) in [5.41, 5.74) is 0.696. The second-order valence-electron chi connectivity index (χ2n) is 5.74. The molecule has 3 aromatic rings. The van der Waals surface area contributed by atoms with Gasteiger partial charge in [0.15, 0.2) is 5.17 Å². The van der Waals surface area contributed by atoms with E-state index in [0.717, 1.165) is 11.8 Å². The summed E-state index contributed by atoms with van der Waals surface area (Å²) in [4.78, 5) is 22.8. The number of amidine groups is 1. The number of carbonyl (C=O) groups is 1. The van der Waals surface area contributed by atoms with Gasteiger partial charge in [-0.05, 0) is 48.2 Å². The topological polar surface area (TPSA) is 123 Å². The third kappa shape index (κ3) is 4.33. The van der Waals surface area contributed by atoms with E-state index in [9.17, 15) is 14.9 Å². The number of thioether (sulfide) groups is 1. The smallest absolute Gasteiger partial charge is 0.269 e. The molecule has 29 heavy (non-hydrogen) atoms. The number of furan rings is 2. The van der Waals surface area contributed by atoms with E-state index in [1.807, 2.05) is 0 Å². The number of hydrogen-bond donors (Lipinski definition) is 1. The summed E-state index contributed by atoms with van der Waals surface area (Å²) >= 11 is 1.13. The highest BCUT2D eigenvalue weighted by molar-refractivity contribution is 8.18. The van der Waals surface area contributed by atoms with E-state index in [1.165, 1.54) is 24.6 Å². The van der Waals surface area contributed by atoms with Crippen molar-refractivity contribution < 1.29 is 18.6 Å². The quantitative estimate of drug-likeness (QED) is 0.294. The lowest BCUT2D eigenvalue weighted by molar-refractivity contribution is -0.384. The third-order valence-electron chi connectivity index (χ3n) is 3.79. The van der Waals surface area contributed by atoms with Gasteiger partial charge in [0, 0.05) is 23.8 Å². The van der Waals surface area contributed by atoms with E-state index in [1.54, 1.807) is 42.5 Å². The molecule has 1 N–H and O–H groups in total. The molecule has 0 aliphatic carbocycles. The number of non-ortho nitro benzene ring substituents is 1. The molecular formula is C19H12N4O5S. The van der Waals surface area contributed by atoms with Crippen molar-refractivity contribution in [2.75, 3.05) is 0 Å². The number of nitro groups is 1. The van der Waals surface area contributed by atoms with Crippen molar-refractivity contribution in [3.63, 3.8) is 0 Å². The van der Waals surface area contributed by atoms with Crippen LogP contribution in [-0.4, -0.2) is 22.2 Å². The predicted octanol–water partition coefficient (Wildman–Crippen LogP) is 4.04. The number of nitrogens with zero attached hydrogens (tertiary/aromatic N) is 3. The molecule has 1 aromatic carbocycles. The van der Waals surface area contributed by atoms with Crippen LogP contribution in [0, 0.1) is 10.1 Å². The van der Waals surface area contributed by atoms with E-state index in [-0.39, 0.29) is 11.6 Å². The van der Waals surface area contributed by atoms with Gasteiger partial charge < -0.3 is 8.83 Å². The van der Waals surface area contributed by atoms with Crippen molar-refractivity contribution in [3.05, 3.63) is 81.3 Å². The minimum Gasteiger partial charge on any atom is -0.463 e. The van der Waals surface area contributed by atoms with E-state index >= 15 is 0 Å². The fourth-order valence-electron chi connectivity index (χ4n) is 2.44. The summed E-state index contributed by atoms with van der Waals surface area (Å²) in [6.07, 6.45) is 4.55. The Bertz CT molecular complexity index is 1140. The lowest BCUT2D eigenvalue weighted by atomic mass is 10.1. The Morgan fingerprint density at radius 2 is 1.93 bits per heavy atom. The molecule has 0 saturated carbocycles. The summed E-state index contributed by atoms with van der Waals surface area (Å²) in [6.45, 7) is 0. The van der Waals surface area contributed by atoms with Crippen LogP contribution in [0.5, 0.6) is 0 Å². The van der Waals surface area contributed by atoms with Crippen LogP contribution in [0.15, 0.2) is 78.7 Å². The van der Waals surface area contributed by atoms with Gasteiger partial charge in [-0.25, -0.2) is 0 Å². The standard InChI is InChI=1S/C19H12N4O5S/c24-18-17(29-19(21-18)22-20-11-15-2-1-9-27-15)10-14-7-8-16(28-14)12-3-5-13(6-4-12)23(25)26/h1-11H,(H,21,22,24)/b17-10+,20-11+. The number of carbonyl (C=O) groups excluding carboxylic acids is 1. The number of nitro benzene ring substituents is 1. The molecule has 1 saturated heterocycles. The molecule has 2 aromatic heterocycles. The first-order chi connectivity index (χ1) is 14.1. The first kappa shape index (κ1) is 18.4. The van der Waals surface area contributed by atoms with Crippen LogP contribution in [0.2, 0.25) is 0 Å². The van der Waals surface area contributed by atoms with Crippen LogP contribution in [0.4, 0.5) is 5.69 Å². The van der Waals surface area contributed by atoms with Gasteiger partial charge in [-0.3, -0.25) is 20.2 Å². The van der Waals surface area contributed by atoms with E-state index in [4.69, 9.17) is 8.83 Å². The summed E-state index contributed by atoms with van der Waals surface area (Å²) in [5.74, 6) is 1.24. The highest BCUT2D eigenvalue weighted by Gasteiger charge is 2.24. The normalized spacial score (nSPS) is 16.8. The number of nitrogens with one attached hydrogen (secondary N) is 1. The minimum atomic E-state index is -0.463. The highest BCUT2D eigenvalue weighted by atomic mass is 32.2. The monoisotopic (exact) mass is 408 g/mol. The van der Waals surface area contributed by atoms with Crippen LogP contribution in [-0.2, 0) is 4.79 Å². The lowest BCUT2D eigenvalue weighted by Gasteiger charge is -1.96. The van der Waals surface area contributed by atoms with Gasteiger partial charge in [-0.2, -0.15) is 5.10 Å². The number of rotatable bonds is 5. The number of benzene rings is 1. The van der Waals surface area contributed by atoms with E-state index in [0.29, 0.717) is 32.9 Å². The van der Waals surface area contributed by atoms with Crippen molar-refractivity contribution in [2.45, 2.75) is 0 Å². The molecule has 3 heterocycles. The van der Waals surface area contributed by atoms with Crippen molar-refractivity contribution in [2.24, 2.45) is 10.2 Å². The highest BCUT2D eigenvalue weighted by Crippen LogP contribution is 2.29. The molecule has 9 nitrogen and oxygen atoms in total. The Morgan fingerprint density at radius 1 is 1.10 bits per heavy atom. The largest absolute Gasteiger partial charge is 0.463 e. The van der Waals surface area contributed by atoms with Crippen molar-refractivity contribution in [1.29, 1.82) is 0 Å². The van der Waals surface area contributed by atoms with Crippen LogP contribution in [0.1, 0.15) is 11.5 Å². The Morgan fingerprint density at radius 3 is 2.66 bits per heavy atom. The van der Waals surface area contributed by atoms with Gasteiger partial charge in [0.25, 0.3) is 11.6 Å². The van der Waals surface area contributed by atoms with Crippen LogP contribution >= 0.6 is 11.8 Å². The molecular weight excluding hydrogens is 396 g/mol. The second-order valence-corrected chi connectivity index (χ2v) is 6.77. The first-order valence-corrected chi connectivity index (χ1v) is 9.10. The molecule has 4 rings (SSSR count). The van der Waals surface area contributed by atoms with Crippen LogP contribution in [0.25, 0.3) is 17.4 Å². The molecule has 1 aliphatic rings. The minimum absolute atomic E-state index is 0.00296. The van der Waals surface area contributed by atoms with Crippen LogP contribution in [0.3, 0.4) is 0 Å². The van der Waals surface area contributed by atoms with Crippen molar-refractivity contribution in [1.82, 2.24) is 5.32 Å². The maximum Gasteiger partial charge on any atom is 0.269 e. The van der Waals surface area contributed by atoms with Gasteiger partial charge in [0.2, 0.25) is 0 Å². The average molecular weight is 408 g/mol.